The molecular formula is C25H25F4N5O4. The lowest BCUT2D eigenvalue weighted by Gasteiger charge is -2.29. The maximum Gasteiger partial charge on any atom is 0.492 e. The number of aromatic amines is 1. The molecule has 1 atom stereocenters. The Hall–Kier alpha value is -3.74. The molecule has 0 spiro atoms. The molecule has 9 nitrogen and oxygen atoms in total. The molecule has 1 unspecified atom stereocenters. The Kier molecular flexibility index (Phi) is 6.49. The van der Waals surface area contributed by atoms with Gasteiger partial charge in [0.25, 0.3) is 11.5 Å². The number of carbonyl (C=O) groups is 2. The maximum atomic E-state index is 14.8. The number of carbonyl (C=O) groups excluding carboxylic acids is 2. The first-order valence-electron chi connectivity index (χ1n) is 12.1. The Morgan fingerprint density at radius 3 is 2.61 bits per heavy atom. The fourth-order valence-electron chi connectivity index (χ4n) is 4.89. The number of aromatic nitrogens is 2. The third kappa shape index (κ3) is 4.89. The van der Waals surface area contributed by atoms with Crippen LogP contribution < -0.4 is 11.0 Å². The van der Waals surface area contributed by atoms with E-state index in [1.54, 1.807) is 13.8 Å². The first kappa shape index (κ1) is 25.9. The lowest BCUT2D eigenvalue weighted by atomic mass is 9.95. The summed E-state index contributed by atoms with van der Waals surface area (Å²) in [5, 5.41) is 7.34. The Morgan fingerprint density at radius 2 is 1.92 bits per heavy atom. The van der Waals surface area contributed by atoms with Crippen LogP contribution in [0.3, 0.4) is 0 Å². The molecule has 2 aliphatic heterocycles. The van der Waals surface area contributed by atoms with Crippen LogP contribution in [0.15, 0.2) is 34.3 Å². The van der Waals surface area contributed by atoms with Crippen molar-refractivity contribution < 1.29 is 32.0 Å². The molecule has 1 aliphatic carbocycles. The van der Waals surface area contributed by atoms with E-state index in [1.165, 1.54) is 23.1 Å². The molecule has 0 radical (unpaired) electrons. The van der Waals surface area contributed by atoms with Crippen molar-refractivity contribution in [2.45, 2.75) is 51.7 Å². The summed E-state index contributed by atoms with van der Waals surface area (Å²) in [5.41, 5.74) is 5.97. The van der Waals surface area contributed by atoms with E-state index >= 15 is 0 Å². The number of H-pyrrole nitrogens is 1. The van der Waals surface area contributed by atoms with E-state index in [-0.39, 0.29) is 36.6 Å². The predicted molar refractivity (Wildman–Crippen MR) is 125 cm³/mol. The maximum absolute atomic E-state index is 14.8. The standard InChI is InChI=1S/C25H25F4N5O4/c1-12-13(2)22(35)31-30-19(12)10-14-3-6-18(26)17(9-14)23(36)33-8-7-16-20(11-33)32-34(21(16)15-4-5-15)38-24(37)25(27,28)29/h3,6,9,15,21,32H,4-5,7-8,10-11H2,1-2H3,(H,31,35). The smallest absolute Gasteiger partial charge is 0.340 e. The van der Waals surface area contributed by atoms with Gasteiger partial charge in [-0.2, -0.15) is 18.3 Å². The summed E-state index contributed by atoms with van der Waals surface area (Å²) >= 11 is 0. The molecule has 38 heavy (non-hydrogen) atoms. The van der Waals surface area contributed by atoms with E-state index in [0.717, 1.165) is 23.6 Å². The fourth-order valence-corrected chi connectivity index (χ4v) is 4.89. The zero-order valence-corrected chi connectivity index (χ0v) is 20.6. The van der Waals surface area contributed by atoms with Crippen LogP contribution in [0.5, 0.6) is 0 Å². The summed E-state index contributed by atoms with van der Waals surface area (Å²) in [7, 11) is 0. The summed E-state index contributed by atoms with van der Waals surface area (Å²) in [6.07, 6.45) is -2.97. The lowest BCUT2D eigenvalue weighted by molar-refractivity contribution is -0.252. The molecule has 2 N–H and O–H groups in total. The molecule has 0 bridgehead atoms. The van der Waals surface area contributed by atoms with Gasteiger partial charge in [0.2, 0.25) is 0 Å². The molecule has 1 aromatic carbocycles. The van der Waals surface area contributed by atoms with Crippen molar-refractivity contribution in [3.8, 4) is 0 Å². The Balaban J connectivity index is 1.33. The van der Waals surface area contributed by atoms with Gasteiger partial charge in [-0.15, -0.1) is 0 Å². The van der Waals surface area contributed by atoms with Gasteiger partial charge in [-0.1, -0.05) is 6.07 Å². The Bertz CT molecular complexity index is 1400. The number of hydrazine groups is 1. The highest BCUT2D eigenvalue weighted by molar-refractivity contribution is 5.95. The van der Waals surface area contributed by atoms with Gasteiger partial charge in [-0.25, -0.2) is 14.3 Å². The minimum Gasteiger partial charge on any atom is -0.340 e. The molecule has 13 heteroatoms. The average Bonchev–Trinajstić information content (AvgIpc) is 3.64. The van der Waals surface area contributed by atoms with Crippen molar-refractivity contribution in [3.05, 3.63) is 73.6 Å². The number of nitrogens with one attached hydrogen (secondary N) is 2. The largest absolute Gasteiger partial charge is 0.492 e. The SMILES string of the molecule is Cc1c(Cc2ccc(F)c(C(=O)N3CCC4=C(C3)NN(OC(=O)C(F)(F)F)C4C3CC3)c2)n[nH]c(=O)c1C. The van der Waals surface area contributed by atoms with E-state index in [1.807, 2.05) is 0 Å². The molecule has 1 saturated carbocycles. The molecule has 202 valence electrons. The predicted octanol–water partition coefficient (Wildman–Crippen LogP) is 2.84. The van der Waals surface area contributed by atoms with Gasteiger partial charge in [0, 0.05) is 18.5 Å². The first-order valence-corrected chi connectivity index (χ1v) is 12.1. The minimum atomic E-state index is -5.15. The van der Waals surface area contributed by atoms with Gasteiger partial charge in [0.05, 0.1) is 29.5 Å². The summed E-state index contributed by atoms with van der Waals surface area (Å²) < 4.78 is 53.1. The van der Waals surface area contributed by atoms with E-state index < -0.39 is 29.9 Å². The first-order chi connectivity index (χ1) is 17.9. The van der Waals surface area contributed by atoms with Gasteiger partial charge in [0.15, 0.2) is 0 Å². The molecule has 3 aliphatic rings. The summed E-state index contributed by atoms with van der Waals surface area (Å²) in [6, 6.07) is 3.64. The fraction of sp³-hybridized carbons (Fsp3) is 0.440. The van der Waals surface area contributed by atoms with E-state index in [9.17, 15) is 31.9 Å². The van der Waals surface area contributed by atoms with Crippen molar-refractivity contribution in [1.82, 2.24) is 25.7 Å². The third-order valence-electron chi connectivity index (χ3n) is 7.27. The molecule has 2 aromatic rings. The normalized spacial score (nSPS) is 19.8. The number of nitrogens with zero attached hydrogens (tertiary/aromatic N) is 3. The lowest BCUT2D eigenvalue weighted by Crippen LogP contribution is -2.45. The van der Waals surface area contributed by atoms with Crippen molar-refractivity contribution >= 4 is 11.9 Å². The molecule has 1 fully saturated rings. The van der Waals surface area contributed by atoms with Crippen molar-refractivity contribution in [3.63, 3.8) is 0 Å². The molecule has 1 amide bonds. The highest BCUT2D eigenvalue weighted by atomic mass is 19.4. The minimum absolute atomic E-state index is 0.000896. The number of alkyl halides is 3. The Labute approximate surface area is 214 Å². The zero-order valence-electron chi connectivity index (χ0n) is 20.6. The highest BCUT2D eigenvalue weighted by Gasteiger charge is 2.50. The zero-order chi connectivity index (χ0) is 27.4. The van der Waals surface area contributed by atoms with Crippen LogP contribution in [0.25, 0.3) is 0 Å². The number of amides is 1. The van der Waals surface area contributed by atoms with Gasteiger partial charge in [0.1, 0.15) is 5.82 Å². The van der Waals surface area contributed by atoms with Crippen LogP contribution in [0.1, 0.15) is 52.0 Å². The second kappa shape index (κ2) is 9.53. The van der Waals surface area contributed by atoms with Crippen LogP contribution in [-0.2, 0) is 16.1 Å². The summed E-state index contributed by atoms with van der Waals surface area (Å²) in [4.78, 5) is 42.5. The number of hydroxylamine groups is 1. The van der Waals surface area contributed by atoms with Crippen LogP contribution in [-0.4, -0.2) is 57.5 Å². The van der Waals surface area contributed by atoms with Gasteiger partial charge >= 0.3 is 12.1 Å². The molecule has 3 heterocycles. The van der Waals surface area contributed by atoms with Crippen LogP contribution >= 0.6 is 0 Å². The number of benzene rings is 1. The summed E-state index contributed by atoms with van der Waals surface area (Å²) in [5.74, 6) is -3.57. The topological polar surface area (TPSA) is 108 Å². The van der Waals surface area contributed by atoms with Gasteiger partial charge in [-0.05, 0) is 73.0 Å². The number of hydrogen-bond donors (Lipinski definition) is 2. The quantitative estimate of drug-likeness (QED) is 0.567. The van der Waals surface area contributed by atoms with Crippen LogP contribution in [0.2, 0.25) is 0 Å². The monoisotopic (exact) mass is 535 g/mol. The second-order valence-electron chi connectivity index (χ2n) is 9.82. The number of rotatable bonds is 5. The average molecular weight is 535 g/mol. The van der Waals surface area contributed by atoms with Crippen LogP contribution in [0, 0.1) is 25.6 Å². The van der Waals surface area contributed by atoms with Crippen molar-refractivity contribution in [2.24, 2.45) is 5.92 Å². The molecule has 1 aromatic heterocycles. The summed E-state index contributed by atoms with van der Waals surface area (Å²) in [6.45, 7) is 3.67. The van der Waals surface area contributed by atoms with E-state index in [4.69, 9.17) is 0 Å². The Morgan fingerprint density at radius 1 is 1.18 bits per heavy atom. The molecular weight excluding hydrogens is 510 g/mol. The number of hydrogen-bond acceptors (Lipinski definition) is 7. The van der Waals surface area contributed by atoms with Crippen molar-refractivity contribution in [2.75, 3.05) is 13.1 Å². The van der Waals surface area contributed by atoms with E-state index in [0.29, 0.717) is 34.5 Å². The van der Waals surface area contributed by atoms with Gasteiger partial charge < -0.3 is 9.74 Å². The van der Waals surface area contributed by atoms with Crippen LogP contribution in [0.4, 0.5) is 17.6 Å². The number of halogens is 4. The van der Waals surface area contributed by atoms with Gasteiger partial charge in [-0.3, -0.25) is 15.0 Å². The third-order valence-corrected chi connectivity index (χ3v) is 7.27. The molecule has 5 rings (SSSR count). The molecule has 0 saturated heterocycles. The second-order valence-corrected chi connectivity index (χ2v) is 9.82. The highest BCUT2D eigenvalue weighted by Crippen LogP contribution is 2.44. The van der Waals surface area contributed by atoms with E-state index in [2.05, 4.69) is 20.5 Å². The van der Waals surface area contributed by atoms with Crippen molar-refractivity contribution in [1.29, 1.82) is 0 Å².